The first-order chi connectivity index (χ1) is 11.7. The molecule has 1 heterocycles. The largest absolute Gasteiger partial charge is 0.378 e. The van der Waals surface area contributed by atoms with Gasteiger partial charge in [-0.3, -0.25) is 4.79 Å². The summed E-state index contributed by atoms with van der Waals surface area (Å²) in [5, 5.41) is 11.1. The lowest BCUT2D eigenvalue weighted by atomic mass is 10.2. The molecule has 0 unspecified atom stereocenters. The topological polar surface area (TPSA) is 87.5 Å². The molecule has 9 heteroatoms. The van der Waals surface area contributed by atoms with Gasteiger partial charge in [-0.05, 0) is 42.5 Å². The Balaban J connectivity index is 1.92. The fourth-order valence-electron chi connectivity index (χ4n) is 1.85. The Hall–Kier alpha value is -0.620. The summed E-state index contributed by atoms with van der Waals surface area (Å²) in [4.78, 5) is 10.9. The quantitative estimate of drug-likeness (QED) is 0.225. The van der Waals surface area contributed by atoms with Crippen molar-refractivity contribution in [3.63, 3.8) is 0 Å². The van der Waals surface area contributed by atoms with Gasteiger partial charge >= 0.3 is 0 Å². The molecule has 1 aromatic rings. The van der Waals surface area contributed by atoms with Gasteiger partial charge in [-0.25, -0.2) is 4.68 Å². The Morgan fingerprint density at radius 1 is 1.17 bits per heavy atom. The van der Waals surface area contributed by atoms with Crippen LogP contribution in [0.1, 0.15) is 18.5 Å². The summed E-state index contributed by atoms with van der Waals surface area (Å²) in [5.74, 6) is 0. The third-order valence-electron chi connectivity index (χ3n) is 3.10. The van der Waals surface area contributed by atoms with Crippen LogP contribution in [0.25, 0.3) is 0 Å². The van der Waals surface area contributed by atoms with Crippen molar-refractivity contribution in [1.29, 1.82) is 0 Å². The Labute approximate surface area is 156 Å². The number of aryl methyl sites for hydroxylation is 1. The van der Waals surface area contributed by atoms with Crippen molar-refractivity contribution in [2.24, 2.45) is 0 Å². The van der Waals surface area contributed by atoms with Crippen LogP contribution in [0.15, 0.2) is 6.20 Å². The third kappa shape index (κ3) is 11.8. The van der Waals surface area contributed by atoms with Crippen LogP contribution in [-0.2, 0) is 32.0 Å². The van der Waals surface area contributed by atoms with Gasteiger partial charge in [0.2, 0.25) is 0 Å². The molecule has 0 radical (unpaired) electrons. The normalized spacial score (nSPS) is 11.1. The van der Waals surface area contributed by atoms with Crippen LogP contribution in [0.5, 0.6) is 0 Å². The number of rotatable bonds is 16. The van der Waals surface area contributed by atoms with Gasteiger partial charge in [0.15, 0.2) is 3.79 Å². The van der Waals surface area contributed by atoms with Gasteiger partial charge in [-0.1, -0.05) is 5.21 Å². The van der Waals surface area contributed by atoms with Crippen molar-refractivity contribution in [1.82, 2.24) is 20.3 Å². The van der Waals surface area contributed by atoms with Gasteiger partial charge in [-0.15, -0.1) is 5.10 Å². The molecule has 1 rings (SSSR count). The van der Waals surface area contributed by atoms with E-state index in [1.807, 2.05) is 35.8 Å². The van der Waals surface area contributed by atoms with Crippen molar-refractivity contribution >= 4 is 26.4 Å². The number of hydrogen-bond donors (Lipinski definition) is 1. The molecule has 1 N–H and O–H groups in total. The molecule has 0 spiro atoms. The number of carbonyl (C=O) groups excluding carboxylic acids is 1. The van der Waals surface area contributed by atoms with Crippen LogP contribution < -0.4 is 5.32 Å². The smallest absolute Gasteiger partial charge is 0.192 e. The van der Waals surface area contributed by atoms with E-state index in [0.29, 0.717) is 52.6 Å². The maximum absolute atomic E-state index is 10.9. The monoisotopic (exact) mass is 454 g/mol. The molecule has 0 aromatic carbocycles. The van der Waals surface area contributed by atoms with Gasteiger partial charge in [0.05, 0.1) is 51.9 Å². The second-order valence-electron chi connectivity index (χ2n) is 5.12. The molecule has 24 heavy (non-hydrogen) atoms. The molecule has 1 aromatic heterocycles. The molecule has 0 fully saturated rings. The maximum atomic E-state index is 10.9. The van der Waals surface area contributed by atoms with E-state index in [1.54, 1.807) is 4.68 Å². The maximum Gasteiger partial charge on any atom is 0.192 e. The molecule has 0 bridgehead atoms. The number of nitrogens with one attached hydrogen (secondary N) is 1. The first-order valence-electron chi connectivity index (χ1n) is 8.17. The van der Waals surface area contributed by atoms with Crippen molar-refractivity contribution in [2.45, 2.75) is 25.8 Å². The van der Waals surface area contributed by atoms with Crippen molar-refractivity contribution in [3.05, 3.63) is 11.9 Å². The summed E-state index contributed by atoms with van der Waals surface area (Å²) >= 11 is 1.82. The van der Waals surface area contributed by atoms with E-state index < -0.39 is 0 Å². The van der Waals surface area contributed by atoms with E-state index >= 15 is 0 Å². The first kappa shape index (κ1) is 21.4. The molecule has 8 nitrogen and oxygen atoms in total. The Morgan fingerprint density at radius 3 is 2.50 bits per heavy atom. The van der Waals surface area contributed by atoms with Crippen LogP contribution in [0.4, 0.5) is 0 Å². The van der Waals surface area contributed by atoms with Gasteiger partial charge < -0.3 is 19.5 Å². The van der Waals surface area contributed by atoms with Crippen LogP contribution >= 0.6 is 22.6 Å². The number of nitrogens with zero attached hydrogens (tertiary/aromatic N) is 3. The molecule has 0 atom stereocenters. The number of aromatic nitrogens is 3. The lowest BCUT2D eigenvalue weighted by Crippen LogP contribution is -2.17. The highest BCUT2D eigenvalue weighted by atomic mass is 127. The van der Waals surface area contributed by atoms with E-state index in [-0.39, 0.29) is 3.79 Å². The fraction of sp³-hybridized carbons (Fsp3) is 0.800. The SMILES string of the molecule is CNCCOCCOCCOCCn1cc(CCCC(=O)I)nn1. The standard InChI is InChI=1S/C15H27IN4O4/c1-17-5-7-22-9-11-24-12-10-23-8-6-20-13-14(18-19-20)3-2-4-15(16)21/h13,17H,2-12H2,1H3. The summed E-state index contributed by atoms with van der Waals surface area (Å²) < 4.78 is 18.2. The van der Waals surface area contributed by atoms with E-state index in [4.69, 9.17) is 14.2 Å². The molecule has 0 aliphatic carbocycles. The van der Waals surface area contributed by atoms with E-state index in [9.17, 15) is 4.79 Å². The molecule has 0 saturated heterocycles. The Morgan fingerprint density at radius 2 is 1.83 bits per heavy atom. The van der Waals surface area contributed by atoms with E-state index in [2.05, 4.69) is 15.6 Å². The zero-order valence-electron chi connectivity index (χ0n) is 14.2. The van der Waals surface area contributed by atoms with E-state index in [1.165, 1.54) is 0 Å². The van der Waals surface area contributed by atoms with Crippen LogP contribution in [0.3, 0.4) is 0 Å². The predicted octanol–water partition coefficient (Wildman–Crippen LogP) is 0.832. The zero-order valence-corrected chi connectivity index (χ0v) is 16.4. The van der Waals surface area contributed by atoms with Gasteiger partial charge in [-0.2, -0.15) is 0 Å². The zero-order chi connectivity index (χ0) is 17.5. The van der Waals surface area contributed by atoms with Crippen molar-refractivity contribution < 1.29 is 19.0 Å². The van der Waals surface area contributed by atoms with Crippen LogP contribution in [0.2, 0.25) is 0 Å². The fourth-order valence-corrected chi connectivity index (χ4v) is 2.23. The molecule has 138 valence electrons. The molecular formula is C15H27IN4O4. The average Bonchev–Trinajstić information content (AvgIpc) is 3.00. The Kier molecular flexibility index (Phi) is 13.1. The average molecular weight is 454 g/mol. The number of ether oxygens (including phenoxy) is 3. The van der Waals surface area contributed by atoms with Gasteiger partial charge in [0.1, 0.15) is 0 Å². The lowest BCUT2D eigenvalue weighted by molar-refractivity contribution is -0.109. The third-order valence-corrected chi connectivity index (χ3v) is 3.64. The number of likely N-dealkylation sites (N-methyl/N-ethyl adjacent to an activating group) is 1. The summed E-state index contributed by atoms with van der Waals surface area (Å²) in [6.45, 7) is 5.07. The molecule has 0 saturated carbocycles. The highest BCUT2D eigenvalue weighted by molar-refractivity contribution is 14.1. The van der Waals surface area contributed by atoms with Gasteiger partial charge in [0.25, 0.3) is 0 Å². The summed E-state index contributed by atoms with van der Waals surface area (Å²) in [6.07, 6.45) is 4.07. The second-order valence-corrected chi connectivity index (χ2v) is 6.33. The number of halogens is 1. The van der Waals surface area contributed by atoms with Crippen molar-refractivity contribution in [2.75, 3.05) is 53.2 Å². The minimum atomic E-state index is 0.181. The van der Waals surface area contributed by atoms with Crippen molar-refractivity contribution in [3.8, 4) is 0 Å². The van der Waals surface area contributed by atoms with E-state index in [0.717, 1.165) is 25.1 Å². The highest BCUT2D eigenvalue weighted by Gasteiger charge is 2.02. The molecular weight excluding hydrogens is 427 g/mol. The van der Waals surface area contributed by atoms with Gasteiger partial charge in [0, 0.05) is 19.2 Å². The Bertz CT molecular complexity index is 445. The second kappa shape index (κ2) is 14.7. The first-order valence-corrected chi connectivity index (χ1v) is 9.25. The lowest BCUT2D eigenvalue weighted by Gasteiger charge is -2.06. The predicted molar refractivity (Wildman–Crippen MR) is 98.4 cm³/mol. The molecule has 0 aliphatic rings. The highest BCUT2D eigenvalue weighted by Crippen LogP contribution is 2.04. The minimum absolute atomic E-state index is 0.181. The van der Waals surface area contributed by atoms with Crippen LogP contribution in [-0.4, -0.2) is 72.0 Å². The minimum Gasteiger partial charge on any atom is -0.378 e. The summed E-state index contributed by atoms with van der Waals surface area (Å²) in [6, 6.07) is 0. The summed E-state index contributed by atoms with van der Waals surface area (Å²) in [7, 11) is 1.89. The number of hydrogen-bond acceptors (Lipinski definition) is 7. The summed E-state index contributed by atoms with van der Waals surface area (Å²) in [5.41, 5.74) is 0.911. The van der Waals surface area contributed by atoms with Crippen LogP contribution in [0, 0.1) is 0 Å². The number of carbonyl (C=O) groups is 1. The molecule has 0 aliphatic heterocycles. The molecule has 0 amide bonds.